The average molecular weight is 290 g/mol. The summed E-state index contributed by atoms with van der Waals surface area (Å²) in [4.78, 5) is -0.0423. The Labute approximate surface area is 110 Å². The van der Waals surface area contributed by atoms with Crippen LogP contribution in [0.5, 0.6) is 0 Å². The fourth-order valence-corrected chi connectivity index (χ4v) is 3.02. The Bertz CT molecular complexity index is 691. The molecule has 1 aromatic heterocycles. The lowest BCUT2D eigenvalue weighted by atomic mass is 10.2. The third-order valence-electron chi connectivity index (χ3n) is 2.63. The molecule has 98 valence electrons. The number of hydrogen-bond donors (Lipinski definition) is 0. The average Bonchev–Trinajstić information content (AvgIpc) is 2.55. The molecule has 0 amide bonds. The van der Waals surface area contributed by atoms with Gasteiger partial charge in [0.05, 0.1) is 0 Å². The van der Waals surface area contributed by atoms with E-state index in [9.17, 15) is 12.8 Å². The van der Waals surface area contributed by atoms with Crippen LogP contribution in [0, 0.1) is 11.7 Å². The van der Waals surface area contributed by atoms with Crippen LogP contribution in [0.15, 0.2) is 29.3 Å². The Hall–Kier alpha value is -1.07. The second kappa shape index (κ2) is 4.55. The molecule has 0 saturated heterocycles. The first kappa shape index (κ1) is 13.4. The molecule has 0 aliphatic heterocycles. The molecule has 0 fully saturated rings. The minimum absolute atomic E-state index is 0.0423. The van der Waals surface area contributed by atoms with Gasteiger partial charge in [-0.1, -0.05) is 13.8 Å². The normalized spacial score (nSPS) is 12.5. The maximum atomic E-state index is 13.2. The van der Waals surface area contributed by atoms with Crippen LogP contribution in [-0.4, -0.2) is 13.0 Å². The van der Waals surface area contributed by atoms with E-state index in [4.69, 9.17) is 10.7 Å². The Morgan fingerprint density at radius 1 is 1.39 bits per heavy atom. The van der Waals surface area contributed by atoms with Crippen molar-refractivity contribution in [1.29, 1.82) is 0 Å². The third-order valence-corrected chi connectivity index (χ3v) is 3.98. The van der Waals surface area contributed by atoms with E-state index in [0.29, 0.717) is 23.4 Å². The van der Waals surface area contributed by atoms with Crippen molar-refractivity contribution in [3.05, 3.63) is 30.2 Å². The molecule has 0 aliphatic carbocycles. The first-order valence-electron chi connectivity index (χ1n) is 5.52. The quantitative estimate of drug-likeness (QED) is 0.813. The summed E-state index contributed by atoms with van der Waals surface area (Å²) in [7, 11) is 1.50. The van der Waals surface area contributed by atoms with Crippen molar-refractivity contribution < 1.29 is 12.8 Å². The van der Waals surface area contributed by atoms with Crippen LogP contribution in [0.25, 0.3) is 10.9 Å². The zero-order valence-electron chi connectivity index (χ0n) is 10.0. The molecule has 2 rings (SSSR count). The van der Waals surface area contributed by atoms with Crippen molar-refractivity contribution in [2.45, 2.75) is 25.3 Å². The number of hydrogen-bond acceptors (Lipinski definition) is 2. The number of fused-ring (bicyclic) bond motifs is 1. The number of halogens is 2. The predicted molar refractivity (Wildman–Crippen MR) is 69.8 cm³/mol. The molecule has 0 bridgehead atoms. The fraction of sp³-hybridized carbons (Fsp3) is 0.333. The van der Waals surface area contributed by atoms with Crippen LogP contribution in [0.2, 0.25) is 0 Å². The Kier molecular flexibility index (Phi) is 3.38. The Morgan fingerprint density at radius 3 is 2.61 bits per heavy atom. The minimum Gasteiger partial charge on any atom is -0.346 e. The zero-order valence-corrected chi connectivity index (χ0v) is 11.6. The standard InChI is InChI=1S/C12H13ClFNO2S/c1-8(2)6-15-7-12(18(13,16)17)10-5-9(14)3-4-11(10)15/h3-5,7-8H,6H2,1-2H3. The number of aromatic nitrogens is 1. The van der Waals surface area contributed by atoms with Crippen molar-refractivity contribution in [3.8, 4) is 0 Å². The molecule has 0 saturated carbocycles. The van der Waals surface area contributed by atoms with Gasteiger partial charge < -0.3 is 4.57 Å². The molecule has 0 atom stereocenters. The number of rotatable bonds is 3. The first-order valence-corrected chi connectivity index (χ1v) is 7.83. The summed E-state index contributed by atoms with van der Waals surface area (Å²) >= 11 is 0. The van der Waals surface area contributed by atoms with Crippen LogP contribution >= 0.6 is 10.7 Å². The highest BCUT2D eigenvalue weighted by atomic mass is 35.7. The molecular formula is C12H13ClFNO2S. The molecule has 0 radical (unpaired) electrons. The van der Waals surface area contributed by atoms with E-state index in [1.165, 1.54) is 18.3 Å². The fourth-order valence-electron chi connectivity index (χ4n) is 1.98. The maximum absolute atomic E-state index is 13.2. The van der Waals surface area contributed by atoms with Gasteiger partial charge in [0, 0.05) is 34.3 Å². The van der Waals surface area contributed by atoms with Gasteiger partial charge in [-0.25, -0.2) is 12.8 Å². The van der Waals surface area contributed by atoms with Gasteiger partial charge in [-0.05, 0) is 24.1 Å². The lowest BCUT2D eigenvalue weighted by Crippen LogP contribution is -2.02. The van der Waals surface area contributed by atoms with E-state index < -0.39 is 14.9 Å². The second-order valence-corrected chi connectivity index (χ2v) is 7.17. The SMILES string of the molecule is CC(C)Cn1cc(S(=O)(=O)Cl)c2cc(F)ccc21. The Balaban J connectivity index is 2.75. The lowest BCUT2D eigenvalue weighted by molar-refractivity contribution is 0.533. The highest BCUT2D eigenvalue weighted by Gasteiger charge is 2.19. The van der Waals surface area contributed by atoms with Gasteiger partial charge in [0.1, 0.15) is 10.7 Å². The molecule has 0 aliphatic rings. The molecule has 1 heterocycles. The number of nitrogens with zero attached hydrogens (tertiary/aromatic N) is 1. The summed E-state index contributed by atoms with van der Waals surface area (Å²) in [5.74, 6) is -0.136. The van der Waals surface area contributed by atoms with Crippen molar-refractivity contribution in [1.82, 2.24) is 4.57 Å². The van der Waals surface area contributed by atoms with Gasteiger partial charge in [0.25, 0.3) is 9.05 Å². The molecule has 1 aromatic carbocycles. The van der Waals surface area contributed by atoms with Gasteiger partial charge in [-0.15, -0.1) is 0 Å². The predicted octanol–water partition coefficient (Wildman–Crippen LogP) is 3.36. The summed E-state index contributed by atoms with van der Waals surface area (Å²) in [5.41, 5.74) is 0.671. The summed E-state index contributed by atoms with van der Waals surface area (Å²) < 4.78 is 38.0. The van der Waals surface area contributed by atoms with Crippen LogP contribution < -0.4 is 0 Å². The summed E-state index contributed by atoms with van der Waals surface area (Å²) in [6.07, 6.45) is 1.46. The molecule has 0 spiro atoms. The Morgan fingerprint density at radius 2 is 2.06 bits per heavy atom. The highest BCUT2D eigenvalue weighted by molar-refractivity contribution is 8.14. The van der Waals surface area contributed by atoms with E-state index in [2.05, 4.69) is 0 Å². The maximum Gasteiger partial charge on any atom is 0.263 e. The highest BCUT2D eigenvalue weighted by Crippen LogP contribution is 2.29. The topological polar surface area (TPSA) is 39.1 Å². The van der Waals surface area contributed by atoms with Crippen molar-refractivity contribution in [2.75, 3.05) is 0 Å². The van der Waals surface area contributed by atoms with E-state index >= 15 is 0 Å². The largest absolute Gasteiger partial charge is 0.346 e. The molecule has 18 heavy (non-hydrogen) atoms. The third kappa shape index (κ3) is 2.52. The van der Waals surface area contributed by atoms with Gasteiger partial charge in [0.15, 0.2) is 0 Å². The second-order valence-electron chi connectivity index (χ2n) is 4.64. The van der Waals surface area contributed by atoms with Crippen molar-refractivity contribution in [3.63, 3.8) is 0 Å². The lowest BCUT2D eigenvalue weighted by Gasteiger charge is -2.07. The van der Waals surface area contributed by atoms with Gasteiger partial charge >= 0.3 is 0 Å². The van der Waals surface area contributed by atoms with E-state index in [1.807, 2.05) is 13.8 Å². The first-order chi connectivity index (χ1) is 8.29. The van der Waals surface area contributed by atoms with Crippen LogP contribution in [0.4, 0.5) is 4.39 Å². The van der Waals surface area contributed by atoms with Gasteiger partial charge in [0.2, 0.25) is 0 Å². The van der Waals surface area contributed by atoms with Crippen LogP contribution in [0.3, 0.4) is 0 Å². The van der Waals surface area contributed by atoms with E-state index in [-0.39, 0.29) is 4.90 Å². The molecule has 0 unspecified atom stereocenters. The van der Waals surface area contributed by atoms with Gasteiger partial charge in [-0.2, -0.15) is 0 Å². The molecule has 2 aromatic rings. The van der Waals surface area contributed by atoms with E-state index in [1.54, 1.807) is 10.6 Å². The van der Waals surface area contributed by atoms with Crippen molar-refractivity contribution >= 4 is 30.6 Å². The summed E-state index contributed by atoms with van der Waals surface area (Å²) in [6, 6.07) is 4.07. The van der Waals surface area contributed by atoms with Crippen LogP contribution in [0.1, 0.15) is 13.8 Å². The van der Waals surface area contributed by atoms with E-state index in [0.717, 1.165) is 0 Å². The minimum atomic E-state index is -3.88. The molecular weight excluding hydrogens is 277 g/mol. The smallest absolute Gasteiger partial charge is 0.263 e. The molecule has 0 N–H and O–H groups in total. The monoisotopic (exact) mass is 289 g/mol. The molecule has 6 heteroatoms. The summed E-state index contributed by atoms with van der Waals surface area (Å²) in [6.45, 7) is 4.68. The van der Waals surface area contributed by atoms with Gasteiger partial charge in [-0.3, -0.25) is 0 Å². The van der Waals surface area contributed by atoms with Crippen molar-refractivity contribution in [2.24, 2.45) is 5.92 Å². The van der Waals surface area contributed by atoms with Crippen LogP contribution in [-0.2, 0) is 15.6 Å². The zero-order chi connectivity index (χ0) is 13.5. The number of benzene rings is 1. The molecule has 3 nitrogen and oxygen atoms in total. The summed E-state index contributed by atoms with van der Waals surface area (Å²) in [5, 5.41) is 0.325.